The van der Waals surface area contributed by atoms with E-state index in [9.17, 15) is 0 Å². The Kier molecular flexibility index (Phi) is 2.17. The van der Waals surface area contributed by atoms with Crippen molar-refractivity contribution in [3.05, 3.63) is 0 Å². The molecule has 2 N–H and O–H groups in total. The molecule has 5 nitrogen and oxygen atoms in total. The first-order valence-corrected chi connectivity index (χ1v) is 1.19. The van der Waals surface area contributed by atoms with E-state index >= 15 is 0 Å². The summed E-state index contributed by atoms with van der Waals surface area (Å²) in [6, 6.07) is 0. The zero-order valence-corrected chi connectivity index (χ0v) is 2.62. The SMILES string of the molecule is OOC1(O)OO1.[AlH3]. The molecule has 6 heteroatoms. The molecule has 42 valence electrons. The third-order valence-electron chi connectivity index (χ3n) is 0.341. The Balaban J connectivity index is 0.000000360. The van der Waals surface area contributed by atoms with Gasteiger partial charge in [-0.05, 0) is 0 Å². The summed E-state index contributed by atoms with van der Waals surface area (Å²) in [5, 5.41) is 15.5. The minimum atomic E-state index is -2.15. The van der Waals surface area contributed by atoms with Gasteiger partial charge in [-0.1, -0.05) is 0 Å². The molecule has 0 aromatic heterocycles. The van der Waals surface area contributed by atoms with Gasteiger partial charge in [-0.15, -0.1) is 14.7 Å². The van der Waals surface area contributed by atoms with Crippen molar-refractivity contribution in [2.24, 2.45) is 0 Å². The highest BCUT2D eigenvalue weighted by atomic mass is 27.0. The van der Waals surface area contributed by atoms with Crippen LogP contribution in [-0.4, -0.2) is 33.9 Å². The predicted octanol–water partition coefficient (Wildman–Crippen LogP) is -2.14. The second kappa shape index (κ2) is 2.07. The number of rotatable bonds is 1. The molecular formula is CH5AlO5. The van der Waals surface area contributed by atoms with Crippen molar-refractivity contribution in [1.29, 1.82) is 0 Å². The third kappa shape index (κ3) is 1.71. The van der Waals surface area contributed by atoms with Crippen molar-refractivity contribution in [3.8, 4) is 0 Å². The van der Waals surface area contributed by atoms with E-state index in [0.717, 1.165) is 0 Å². The van der Waals surface area contributed by atoms with Gasteiger partial charge in [0, 0.05) is 0 Å². The maximum atomic E-state index is 8.02. The van der Waals surface area contributed by atoms with E-state index < -0.39 is 6.16 Å². The van der Waals surface area contributed by atoms with Crippen molar-refractivity contribution >= 4 is 17.4 Å². The summed E-state index contributed by atoms with van der Waals surface area (Å²) in [6.07, 6.45) is -2.15. The number of hydrogen-bond donors (Lipinski definition) is 2. The normalized spacial score (nSPS) is 23.1. The van der Waals surface area contributed by atoms with Gasteiger partial charge in [0.05, 0.1) is 0 Å². The fourth-order valence-corrected chi connectivity index (χ4v) is 0.0661. The molecule has 1 aliphatic rings. The van der Waals surface area contributed by atoms with E-state index in [4.69, 9.17) is 10.4 Å². The van der Waals surface area contributed by atoms with Crippen molar-refractivity contribution < 1.29 is 25.0 Å². The van der Waals surface area contributed by atoms with Crippen molar-refractivity contribution in [1.82, 2.24) is 0 Å². The Morgan fingerprint density at radius 3 is 1.86 bits per heavy atom. The molecule has 7 heavy (non-hydrogen) atoms. The van der Waals surface area contributed by atoms with Crippen LogP contribution >= 0.6 is 0 Å². The van der Waals surface area contributed by atoms with Gasteiger partial charge in [-0.25, -0.2) is 5.26 Å². The van der Waals surface area contributed by atoms with Crippen LogP contribution in [0.4, 0.5) is 0 Å². The monoisotopic (exact) mass is 124 g/mol. The standard InChI is InChI=1S/CH2O5.Al.3H/c2-1(4-3)5-6-1;;;;/h2-3H;;;;. The lowest BCUT2D eigenvalue weighted by Gasteiger charge is -1.84. The summed E-state index contributed by atoms with van der Waals surface area (Å²) in [5.41, 5.74) is 0. The number of aliphatic hydroxyl groups is 1. The molecular weight excluding hydrogens is 119 g/mol. The van der Waals surface area contributed by atoms with Crippen LogP contribution in [0.5, 0.6) is 0 Å². The van der Waals surface area contributed by atoms with Crippen LogP contribution in [0.2, 0.25) is 0 Å². The molecule has 1 aliphatic heterocycles. The summed E-state index contributed by atoms with van der Waals surface area (Å²) in [5.74, 6) is 0. The number of hydrogen-bond acceptors (Lipinski definition) is 5. The van der Waals surface area contributed by atoms with E-state index in [2.05, 4.69) is 14.7 Å². The summed E-state index contributed by atoms with van der Waals surface area (Å²) in [7, 11) is 0. The zero-order valence-electron chi connectivity index (χ0n) is 2.62. The van der Waals surface area contributed by atoms with Gasteiger partial charge in [0.1, 0.15) is 0 Å². The minimum Gasteiger partial charge on any atom is -0.313 e. The second-order valence-corrected chi connectivity index (χ2v) is 0.782. The lowest BCUT2D eigenvalue weighted by atomic mass is 11.2. The molecule has 1 saturated heterocycles. The van der Waals surface area contributed by atoms with Crippen LogP contribution in [-0.2, 0) is 14.7 Å². The summed E-state index contributed by atoms with van der Waals surface area (Å²) < 4.78 is 0. The molecule has 0 aromatic carbocycles. The first-order chi connectivity index (χ1) is 2.77. The predicted molar refractivity (Wildman–Crippen MR) is 20.8 cm³/mol. The Morgan fingerprint density at radius 1 is 1.43 bits per heavy atom. The molecule has 0 spiro atoms. The van der Waals surface area contributed by atoms with Crippen molar-refractivity contribution in [2.75, 3.05) is 0 Å². The fourth-order valence-electron chi connectivity index (χ4n) is 0.0661. The van der Waals surface area contributed by atoms with Gasteiger partial charge in [-0.2, -0.15) is 0 Å². The molecule has 0 amide bonds. The van der Waals surface area contributed by atoms with Crippen LogP contribution in [0.3, 0.4) is 0 Å². The highest BCUT2D eigenvalue weighted by Gasteiger charge is 2.51. The van der Waals surface area contributed by atoms with E-state index in [-0.39, 0.29) is 17.4 Å². The smallest absolute Gasteiger partial charge is 0.313 e. The van der Waals surface area contributed by atoms with E-state index in [1.54, 1.807) is 0 Å². The zero-order chi connectivity index (χ0) is 4.62. The van der Waals surface area contributed by atoms with E-state index in [1.165, 1.54) is 0 Å². The molecule has 1 heterocycles. The molecule has 0 atom stereocenters. The van der Waals surface area contributed by atoms with Gasteiger partial charge in [-0.3, -0.25) is 0 Å². The summed E-state index contributed by atoms with van der Waals surface area (Å²) >= 11 is 0. The summed E-state index contributed by atoms with van der Waals surface area (Å²) in [6.45, 7) is 0. The summed E-state index contributed by atoms with van der Waals surface area (Å²) in [4.78, 5) is 10.4. The minimum absolute atomic E-state index is 0. The Bertz CT molecular complexity index is 59.1. The molecule has 0 aliphatic carbocycles. The molecule has 1 rings (SSSR count). The van der Waals surface area contributed by atoms with E-state index in [1.807, 2.05) is 0 Å². The maximum absolute atomic E-state index is 8.02. The molecule has 0 unspecified atom stereocenters. The lowest BCUT2D eigenvalue weighted by molar-refractivity contribution is -0.397. The molecule has 0 saturated carbocycles. The van der Waals surface area contributed by atoms with Crippen LogP contribution in [0.25, 0.3) is 0 Å². The van der Waals surface area contributed by atoms with Crippen LogP contribution < -0.4 is 0 Å². The Hall–Kier alpha value is 0.332. The second-order valence-electron chi connectivity index (χ2n) is 0.782. The third-order valence-corrected chi connectivity index (χ3v) is 0.341. The van der Waals surface area contributed by atoms with E-state index in [0.29, 0.717) is 0 Å². The van der Waals surface area contributed by atoms with Gasteiger partial charge in [0.2, 0.25) is 0 Å². The molecule has 0 radical (unpaired) electrons. The maximum Gasteiger partial charge on any atom is 0.490 e. The topological polar surface area (TPSA) is 74.8 Å². The van der Waals surface area contributed by atoms with Crippen LogP contribution in [0.15, 0.2) is 0 Å². The van der Waals surface area contributed by atoms with Gasteiger partial charge < -0.3 is 5.11 Å². The van der Waals surface area contributed by atoms with Crippen molar-refractivity contribution in [3.63, 3.8) is 0 Å². The molecule has 1 fully saturated rings. The molecule has 0 aromatic rings. The van der Waals surface area contributed by atoms with Crippen LogP contribution in [0.1, 0.15) is 0 Å². The Morgan fingerprint density at radius 2 is 1.86 bits per heavy atom. The highest BCUT2D eigenvalue weighted by molar-refractivity contribution is 5.75. The lowest BCUT2D eigenvalue weighted by Crippen LogP contribution is -2.10. The first-order valence-electron chi connectivity index (χ1n) is 1.19. The van der Waals surface area contributed by atoms with Crippen LogP contribution in [0, 0.1) is 0 Å². The quantitative estimate of drug-likeness (QED) is 0.137. The van der Waals surface area contributed by atoms with Gasteiger partial charge >= 0.3 is 6.16 Å². The largest absolute Gasteiger partial charge is 0.490 e. The van der Waals surface area contributed by atoms with Crippen molar-refractivity contribution in [2.45, 2.75) is 6.16 Å². The first kappa shape index (κ1) is 7.33. The molecule has 0 bridgehead atoms. The van der Waals surface area contributed by atoms with Gasteiger partial charge in [0.15, 0.2) is 17.4 Å². The van der Waals surface area contributed by atoms with Gasteiger partial charge in [0.25, 0.3) is 0 Å². The average molecular weight is 124 g/mol. The Labute approximate surface area is 49.4 Å². The highest BCUT2D eigenvalue weighted by Crippen LogP contribution is 2.24. The fraction of sp³-hybridized carbons (Fsp3) is 1.00. The average Bonchev–Trinajstić information content (AvgIpc) is 2.22.